The van der Waals surface area contributed by atoms with E-state index in [4.69, 9.17) is 4.74 Å². The number of thiophene rings is 1. The first-order valence-electron chi connectivity index (χ1n) is 9.86. The van der Waals surface area contributed by atoms with E-state index in [0.717, 1.165) is 29.8 Å². The fourth-order valence-corrected chi connectivity index (χ4v) is 6.04. The Morgan fingerprint density at radius 1 is 1.21 bits per heavy atom. The Morgan fingerprint density at radius 3 is 2.89 bits per heavy atom. The molecule has 0 radical (unpaired) electrons. The van der Waals surface area contributed by atoms with E-state index in [1.54, 1.807) is 16.7 Å². The molecule has 2 heterocycles. The summed E-state index contributed by atoms with van der Waals surface area (Å²) in [6, 6.07) is 9.91. The van der Waals surface area contributed by atoms with E-state index in [1.807, 2.05) is 30.3 Å². The van der Waals surface area contributed by atoms with Crippen molar-refractivity contribution in [3.63, 3.8) is 0 Å². The molecule has 4 nitrogen and oxygen atoms in total. The van der Waals surface area contributed by atoms with E-state index in [-0.39, 0.29) is 18.5 Å². The van der Waals surface area contributed by atoms with Gasteiger partial charge in [0.05, 0.1) is 5.69 Å². The van der Waals surface area contributed by atoms with Gasteiger partial charge < -0.3 is 9.64 Å². The van der Waals surface area contributed by atoms with Crippen molar-refractivity contribution >= 4 is 40.7 Å². The first-order chi connectivity index (χ1) is 13.5. The molecule has 1 aromatic heterocycles. The van der Waals surface area contributed by atoms with Gasteiger partial charge in [0.25, 0.3) is 5.91 Å². The topological polar surface area (TPSA) is 46.6 Å². The van der Waals surface area contributed by atoms with Crippen molar-refractivity contribution in [2.24, 2.45) is 5.92 Å². The molecule has 2 atom stereocenters. The van der Waals surface area contributed by atoms with Gasteiger partial charge in [-0.1, -0.05) is 26.0 Å². The zero-order valence-corrected chi connectivity index (χ0v) is 17.9. The third-order valence-corrected chi connectivity index (χ3v) is 7.86. The summed E-state index contributed by atoms with van der Waals surface area (Å²) >= 11 is 3.31. The summed E-state index contributed by atoms with van der Waals surface area (Å²) in [5.41, 5.74) is 2.19. The van der Waals surface area contributed by atoms with E-state index in [0.29, 0.717) is 22.6 Å². The Morgan fingerprint density at radius 2 is 2.04 bits per heavy atom. The molecule has 148 valence electrons. The average Bonchev–Trinajstić information content (AvgIpc) is 3.02. The van der Waals surface area contributed by atoms with Gasteiger partial charge in [0.1, 0.15) is 4.88 Å². The summed E-state index contributed by atoms with van der Waals surface area (Å²) in [6.07, 6.45) is 4.15. The third kappa shape index (κ3) is 4.13. The molecular formula is C22H25NO3S2. The van der Waals surface area contributed by atoms with Crippen LogP contribution in [-0.2, 0) is 22.4 Å². The number of rotatable bonds is 3. The Labute approximate surface area is 174 Å². The van der Waals surface area contributed by atoms with Crippen molar-refractivity contribution in [1.29, 1.82) is 0 Å². The highest BCUT2D eigenvalue weighted by molar-refractivity contribution is 8.00. The number of ether oxygens (including phenoxy) is 1. The summed E-state index contributed by atoms with van der Waals surface area (Å²) in [5.74, 6) is 0.118. The standard InChI is InChI=1S/C22H25NO3S2/c1-14-7-8-18-16(11-14)12-20(28-18)22(25)26-13-21(24)23-10-9-15(2)27-19-6-4-3-5-17(19)23/h3-6,12,14-15H,7-11,13H2,1-2H3/t14-,15-/m0/s1. The minimum atomic E-state index is -0.383. The number of carbonyl (C=O) groups excluding carboxylic acids is 2. The van der Waals surface area contributed by atoms with Crippen molar-refractivity contribution in [2.45, 2.75) is 49.7 Å². The van der Waals surface area contributed by atoms with Gasteiger partial charge in [0, 0.05) is 21.6 Å². The maximum Gasteiger partial charge on any atom is 0.348 e. The largest absolute Gasteiger partial charge is 0.451 e. The summed E-state index contributed by atoms with van der Waals surface area (Å²) in [7, 11) is 0. The van der Waals surface area contributed by atoms with Gasteiger partial charge >= 0.3 is 5.97 Å². The Balaban J connectivity index is 1.42. The summed E-state index contributed by atoms with van der Waals surface area (Å²) < 4.78 is 5.40. The van der Waals surface area contributed by atoms with Gasteiger partial charge in [-0.3, -0.25) is 4.79 Å². The SMILES string of the molecule is C[C@H]1CCc2sc(C(=O)OCC(=O)N3CC[C@H](C)Sc4ccccc43)cc2C1. The van der Waals surface area contributed by atoms with E-state index in [2.05, 4.69) is 13.8 Å². The Hall–Kier alpha value is -1.79. The predicted octanol–water partition coefficient (Wildman–Crippen LogP) is 4.95. The van der Waals surface area contributed by atoms with Gasteiger partial charge in [0.2, 0.25) is 0 Å². The molecule has 1 aliphatic carbocycles. The monoisotopic (exact) mass is 415 g/mol. The van der Waals surface area contributed by atoms with Crippen LogP contribution in [0, 0.1) is 5.92 Å². The van der Waals surface area contributed by atoms with Gasteiger partial charge in [-0.05, 0) is 55.4 Å². The third-order valence-electron chi connectivity index (χ3n) is 5.40. The van der Waals surface area contributed by atoms with Crippen LogP contribution < -0.4 is 4.90 Å². The minimum absolute atomic E-state index is 0.162. The second-order valence-corrected chi connectivity index (χ2v) is 10.3. The molecule has 0 spiro atoms. The number of fused-ring (bicyclic) bond motifs is 2. The lowest BCUT2D eigenvalue weighted by atomic mass is 9.90. The maximum absolute atomic E-state index is 12.8. The van der Waals surface area contributed by atoms with Crippen molar-refractivity contribution in [3.05, 3.63) is 45.6 Å². The first-order valence-corrected chi connectivity index (χ1v) is 11.6. The Bertz CT molecular complexity index is 892. The van der Waals surface area contributed by atoms with Gasteiger partial charge in [-0.2, -0.15) is 0 Å². The number of amides is 1. The zero-order valence-electron chi connectivity index (χ0n) is 16.3. The number of aryl methyl sites for hydroxylation is 1. The molecule has 2 aliphatic rings. The predicted molar refractivity (Wildman–Crippen MR) is 115 cm³/mol. The fourth-order valence-electron chi connectivity index (χ4n) is 3.83. The van der Waals surface area contributed by atoms with Crippen LogP contribution in [0.15, 0.2) is 35.2 Å². The van der Waals surface area contributed by atoms with E-state index in [9.17, 15) is 9.59 Å². The maximum atomic E-state index is 12.8. The number of anilines is 1. The van der Waals surface area contributed by atoms with E-state index >= 15 is 0 Å². The van der Waals surface area contributed by atoms with E-state index < -0.39 is 0 Å². The number of thioether (sulfide) groups is 1. The lowest BCUT2D eigenvalue weighted by molar-refractivity contribution is -0.121. The van der Waals surface area contributed by atoms with Crippen LogP contribution in [0.5, 0.6) is 0 Å². The summed E-state index contributed by atoms with van der Waals surface area (Å²) in [4.78, 5) is 30.1. The molecule has 6 heteroatoms. The van der Waals surface area contributed by atoms with Gasteiger partial charge in [0.15, 0.2) is 6.61 Å². The van der Waals surface area contributed by atoms with Crippen LogP contribution in [0.25, 0.3) is 0 Å². The summed E-state index contributed by atoms with van der Waals surface area (Å²) in [5, 5.41) is 0.446. The normalized spacial score (nSPS) is 21.4. The Kier molecular flexibility index (Phi) is 5.78. The molecule has 2 aromatic rings. The quantitative estimate of drug-likeness (QED) is 0.666. The van der Waals surface area contributed by atoms with Gasteiger partial charge in [-0.15, -0.1) is 23.1 Å². The van der Waals surface area contributed by atoms with Crippen molar-refractivity contribution in [1.82, 2.24) is 0 Å². The lowest BCUT2D eigenvalue weighted by Gasteiger charge is -2.22. The van der Waals surface area contributed by atoms with Crippen molar-refractivity contribution in [3.8, 4) is 0 Å². The van der Waals surface area contributed by atoms with Crippen LogP contribution in [0.4, 0.5) is 5.69 Å². The molecule has 0 N–H and O–H groups in total. The highest BCUT2D eigenvalue weighted by Gasteiger charge is 2.26. The molecule has 0 saturated carbocycles. The number of hydrogen-bond donors (Lipinski definition) is 0. The van der Waals surface area contributed by atoms with Gasteiger partial charge in [-0.25, -0.2) is 4.79 Å². The number of hydrogen-bond acceptors (Lipinski definition) is 5. The van der Waals surface area contributed by atoms with Crippen LogP contribution in [-0.4, -0.2) is 30.3 Å². The van der Waals surface area contributed by atoms with Crippen LogP contribution in [0.1, 0.15) is 46.8 Å². The van der Waals surface area contributed by atoms with Crippen LogP contribution in [0.2, 0.25) is 0 Å². The molecular weight excluding hydrogens is 390 g/mol. The smallest absolute Gasteiger partial charge is 0.348 e. The average molecular weight is 416 g/mol. The van der Waals surface area contributed by atoms with Crippen molar-refractivity contribution < 1.29 is 14.3 Å². The number of benzene rings is 1. The van der Waals surface area contributed by atoms with E-state index in [1.165, 1.54) is 28.2 Å². The number of para-hydroxylation sites is 1. The fraction of sp³-hybridized carbons (Fsp3) is 0.455. The molecule has 0 bridgehead atoms. The highest BCUT2D eigenvalue weighted by atomic mass is 32.2. The number of carbonyl (C=O) groups is 2. The molecule has 1 aromatic carbocycles. The molecule has 28 heavy (non-hydrogen) atoms. The second kappa shape index (κ2) is 8.29. The molecule has 0 fully saturated rings. The van der Waals surface area contributed by atoms with Crippen LogP contribution >= 0.6 is 23.1 Å². The summed E-state index contributed by atoms with van der Waals surface area (Å²) in [6.45, 7) is 4.85. The number of esters is 1. The highest BCUT2D eigenvalue weighted by Crippen LogP contribution is 2.37. The van der Waals surface area contributed by atoms with Crippen LogP contribution in [0.3, 0.4) is 0 Å². The molecule has 0 unspecified atom stereocenters. The molecule has 4 rings (SSSR count). The molecule has 1 aliphatic heterocycles. The first kappa shape index (κ1) is 19.5. The molecule has 1 amide bonds. The second-order valence-electron chi connectivity index (χ2n) is 7.71. The zero-order chi connectivity index (χ0) is 19.7. The number of nitrogens with zero attached hydrogens (tertiary/aromatic N) is 1. The van der Waals surface area contributed by atoms with Crippen molar-refractivity contribution in [2.75, 3.05) is 18.1 Å². The minimum Gasteiger partial charge on any atom is -0.451 e. The molecule has 0 saturated heterocycles. The lowest BCUT2D eigenvalue weighted by Crippen LogP contribution is -2.35.